The molecule has 0 unspecified atom stereocenters. The van der Waals surface area contributed by atoms with Crippen LogP contribution in [0.15, 0.2) is 36.4 Å². The van der Waals surface area contributed by atoms with E-state index in [1.165, 1.54) is 6.07 Å². The Balaban J connectivity index is 2.01. The van der Waals surface area contributed by atoms with E-state index in [1.54, 1.807) is 13.2 Å². The van der Waals surface area contributed by atoms with E-state index in [9.17, 15) is 10.2 Å². The van der Waals surface area contributed by atoms with Crippen LogP contribution < -0.4 is 10.5 Å². The van der Waals surface area contributed by atoms with Crippen LogP contribution in [-0.2, 0) is 11.2 Å². The zero-order chi connectivity index (χ0) is 15.7. The van der Waals surface area contributed by atoms with E-state index in [0.717, 1.165) is 16.9 Å². The largest absolute Gasteiger partial charge is 0.504 e. The van der Waals surface area contributed by atoms with Gasteiger partial charge in [0, 0.05) is 18.5 Å². The fraction of sp³-hybridized carbons (Fsp3) is 0.294. The van der Waals surface area contributed by atoms with Crippen LogP contribution >= 0.6 is 0 Å². The summed E-state index contributed by atoms with van der Waals surface area (Å²) in [5.74, 6) is 0.532. The summed E-state index contributed by atoms with van der Waals surface area (Å²) < 4.78 is 11.3. The summed E-state index contributed by atoms with van der Waals surface area (Å²) in [6.45, 7) is 0.303. The van der Waals surface area contributed by atoms with Gasteiger partial charge in [-0.05, 0) is 29.3 Å². The molecule has 22 heavy (non-hydrogen) atoms. The molecule has 5 nitrogen and oxygen atoms in total. The first-order valence-corrected chi connectivity index (χ1v) is 7.17. The molecule has 0 fully saturated rings. The second kappa shape index (κ2) is 5.87. The van der Waals surface area contributed by atoms with Gasteiger partial charge in [-0.3, -0.25) is 0 Å². The molecule has 116 valence electrons. The molecule has 0 saturated carbocycles. The summed E-state index contributed by atoms with van der Waals surface area (Å²) in [4.78, 5) is 0. The van der Waals surface area contributed by atoms with E-state index < -0.39 is 0 Å². The maximum atomic E-state index is 10.2. The highest BCUT2D eigenvalue weighted by molar-refractivity contribution is 5.51. The number of hydrogen-bond donors (Lipinski definition) is 3. The Hall–Kier alpha value is -2.24. The van der Waals surface area contributed by atoms with Crippen molar-refractivity contribution >= 4 is 0 Å². The summed E-state index contributed by atoms with van der Waals surface area (Å²) >= 11 is 0. The smallest absolute Gasteiger partial charge is 0.161 e. The van der Waals surface area contributed by atoms with E-state index >= 15 is 0 Å². The highest BCUT2D eigenvalue weighted by Gasteiger charge is 2.30. The Morgan fingerprint density at radius 2 is 2.09 bits per heavy atom. The Morgan fingerprint density at radius 1 is 1.27 bits per heavy atom. The molecule has 0 spiro atoms. The monoisotopic (exact) mass is 301 g/mol. The van der Waals surface area contributed by atoms with E-state index in [1.807, 2.05) is 24.3 Å². The molecular weight excluding hydrogens is 282 g/mol. The maximum Gasteiger partial charge on any atom is 0.161 e. The van der Waals surface area contributed by atoms with Crippen molar-refractivity contribution in [3.8, 4) is 17.2 Å². The van der Waals surface area contributed by atoms with Gasteiger partial charge in [-0.1, -0.05) is 18.2 Å². The lowest BCUT2D eigenvalue weighted by molar-refractivity contribution is -0.0231. The lowest BCUT2D eigenvalue weighted by atomic mass is 9.90. The predicted octanol–water partition coefficient (Wildman–Crippen LogP) is 2.42. The first-order valence-electron chi connectivity index (χ1n) is 7.17. The summed E-state index contributed by atoms with van der Waals surface area (Å²) in [5, 5.41) is 19.9. The van der Waals surface area contributed by atoms with Crippen molar-refractivity contribution in [3.63, 3.8) is 0 Å². The second-order valence-electron chi connectivity index (χ2n) is 5.33. The number of methoxy groups -OCH3 is 1. The van der Waals surface area contributed by atoms with Crippen LogP contribution in [0.4, 0.5) is 0 Å². The van der Waals surface area contributed by atoms with Crippen molar-refractivity contribution in [3.05, 3.63) is 53.1 Å². The van der Waals surface area contributed by atoms with E-state index in [0.29, 0.717) is 18.5 Å². The Kier molecular flexibility index (Phi) is 3.92. The molecule has 0 aromatic heterocycles. The predicted molar refractivity (Wildman–Crippen MR) is 82.1 cm³/mol. The number of hydrogen-bond acceptors (Lipinski definition) is 5. The lowest BCUT2D eigenvalue weighted by Crippen LogP contribution is -2.25. The van der Waals surface area contributed by atoms with E-state index in [-0.39, 0.29) is 23.7 Å². The number of rotatable bonds is 3. The number of ether oxygens (including phenoxy) is 2. The molecular formula is C17H19NO4. The van der Waals surface area contributed by atoms with Gasteiger partial charge in [-0.2, -0.15) is 0 Å². The summed E-state index contributed by atoms with van der Waals surface area (Å²) in [7, 11) is 1.61. The third-order valence-electron chi connectivity index (χ3n) is 4.04. The van der Waals surface area contributed by atoms with Crippen LogP contribution in [0.2, 0.25) is 0 Å². The van der Waals surface area contributed by atoms with Gasteiger partial charge in [0.2, 0.25) is 0 Å². The first-order chi connectivity index (χ1) is 10.6. The molecule has 2 aromatic carbocycles. The highest BCUT2D eigenvalue weighted by Crippen LogP contribution is 2.43. The minimum absolute atomic E-state index is 0.0906. The zero-order valence-corrected chi connectivity index (χ0v) is 12.3. The lowest BCUT2D eigenvalue weighted by Gasteiger charge is -2.32. The molecule has 1 heterocycles. The van der Waals surface area contributed by atoms with Crippen molar-refractivity contribution in [2.45, 2.75) is 18.6 Å². The second-order valence-corrected chi connectivity index (χ2v) is 5.33. The van der Waals surface area contributed by atoms with Crippen LogP contribution in [0.25, 0.3) is 0 Å². The zero-order valence-electron chi connectivity index (χ0n) is 12.3. The molecule has 0 saturated heterocycles. The topological polar surface area (TPSA) is 84.9 Å². The highest BCUT2D eigenvalue weighted by atomic mass is 16.5. The molecule has 0 bridgehead atoms. The number of fused-ring (bicyclic) bond motifs is 1. The van der Waals surface area contributed by atoms with Gasteiger partial charge in [0.25, 0.3) is 0 Å². The first kappa shape index (κ1) is 14.7. The van der Waals surface area contributed by atoms with E-state index in [4.69, 9.17) is 15.2 Å². The van der Waals surface area contributed by atoms with Gasteiger partial charge in [0.15, 0.2) is 11.5 Å². The van der Waals surface area contributed by atoms with Crippen molar-refractivity contribution in [1.29, 1.82) is 0 Å². The van der Waals surface area contributed by atoms with Gasteiger partial charge in [-0.25, -0.2) is 0 Å². The average Bonchev–Trinajstić information content (AvgIpc) is 2.57. The van der Waals surface area contributed by atoms with Crippen molar-refractivity contribution < 1.29 is 19.7 Å². The van der Waals surface area contributed by atoms with Crippen molar-refractivity contribution in [2.24, 2.45) is 5.73 Å². The van der Waals surface area contributed by atoms with E-state index in [2.05, 4.69) is 0 Å². The van der Waals surface area contributed by atoms with Crippen molar-refractivity contribution in [1.82, 2.24) is 0 Å². The minimum atomic E-state index is -0.313. The van der Waals surface area contributed by atoms with Crippen LogP contribution in [-0.4, -0.2) is 23.9 Å². The summed E-state index contributed by atoms with van der Waals surface area (Å²) in [5.41, 5.74) is 8.28. The van der Waals surface area contributed by atoms with Crippen LogP contribution in [0.1, 0.15) is 28.9 Å². The third-order valence-corrected chi connectivity index (χ3v) is 4.04. The molecule has 1 aliphatic heterocycles. The van der Waals surface area contributed by atoms with Crippen LogP contribution in [0.5, 0.6) is 17.2 Å². The number of phenols is 2. The standard InChI is InChI=1S/C17H19NO4/c1-21-11-4-2-3-10(7-11)15-8-13-12(16(9-18)22-15)5-6-14(19)17(13)20/h2-7,15-16,19-20H,8-9,18H2,1H3/t15-,16-/m0/s1. The summed E-state index contributed by atoms with van der Waals surface area (Å²) in [6, 6.07) is 10.8. The normalized spacial score (nSPS) is 20.5. The fourth-order valence-corrected chi connectivity index (χ4v) is 2.88. The average molecular weight is 301 g/mol. The molecule has 0 amide bonds. The van der Waals surface area contributed by atoms with Gasteiger partial charge in [0.1, 0.15) is 5.75 Å². The summed E-state index contributed by atoms with van der Waals surface area (Å²) in [6.07, 6.45) is -0.0884. The number of nitrogens with two attached hydrogens (primary N) is 1. The quantitative estimate of drug-likeness (QED) is 0.758. The molecule has 1 aliphatic rings. The Bertz CT molecular complexity index is 686. The van der Waals surface area contributed by atoms with Gasteiger partial charge in [0.05, 0.1) is 19.3 Å². The van der Waals surface area contributed by atoms with Crippen molar-refractivity contribution in [2.75, 3.05) is 13.7 Å². The number of benzene rings is 2. The fourth-order valence-electron chi connectivity index (χ4n) is 2.88. The molecule has 2 aromatic rings. The van der Waals surface area contributed by atoms with Crippen LogP contribution in [0, 0.1) is 0 Å². The van der Waals surface area contributed by atoms with Gasteiger partial charge >= 0.3 is 0 Å². The minimum Gasteiger partial charge on any atom is -0.504 e. The SMILES string of the molecule is COc1cccc([C@@H]2Cc3c(ccc(O)c3O)[C@H](CN)O2)c1. The number of aromatic hydroxyl groups is 2. The van der Waals surface area contributed by atoms with Crippen LogP contribution in [0.3, 0.4) is 0 Å². The Labute approximate surface area is 128 Å². The Morgan fingerprint density at radius 3 is 2.82 bits per heavy atom. The molecule has 4 N–H and O–H groups in total. The molecule has 2 atom stereocenters. The third kappa shape index (κ3) is 2.49. The van der Waals surface area contributed by atoms with Gasteiger partial charge < -0.3 is 25.4 Å². The molecule has 0 aliphatic carbocycles. The number of phenolic OH excluding ortho intramolecular Hbond substituents is 2. The molecule has 5 heteroatoms. The molecule has 3 rings (SSSR count). The maximum absolute atomic E-state index is 10.2. The molecule has 0 radical (unpaired) electrons. The van der Waals surface area contributed by atoms with Gasteiger partial charge in [-0.15, -0.1) is 0 Å².